The molecular formula is C17H19Cl2NS. The van der Waals surface area contributed by atoms with Crippen molar-refractivity contribution in [3.8, 4) is 0 Å². The van der Waals surface area contributed by atoms with Crippen molar-refractivity contribution in [2.24, 2.45) is 0 Å². The first-order valence-electron chi connectivity index (χ1n) is 6.80. The van der Waals surface area contributed by atoms with Crippen LogP contribution in [0.15, 0.2) is 52.3 Å². The zero-order valence-corrected chi connectivity index (χ0v) is 14.7. The van der Waals surface area contributed by atoms with Crippen LogP contribution in [0, 0.1) is 0 Å². The van der Waals surface area contributed by atoms with E-state index in [9.17, 15) is 0 Å². The lowest BCUT2D eigenvalue weighted by Gasteiger charge is -2.21. The smallest absolute Gasteiger partial charge is 0.0462 e. The van der Waals surface area contributed by atoms with Crippen molar-refractivity contribution >= 4 is 35.0 Å². The highest BCUT2D eigenvalue weighted by atomic mass is 35.5. The second-order valence-electron chi connectivity index (χ2n) is 5.92. The fraction of sp³-hybridized carbons (Fsp3) is 0.294. The zero-order chi connectivity index (χ0) is 15.5. The number of rotatable bonds is 4. The standard InChI is InChI=1S/C17H19Cl2NS/c1-17(2,3)20-11-12-7-8-15(10-16(12)19)21-14-6-4-5-13(18)9-14/h4-10,20H,11H2,1-3H3. The van der Waals surface area contributed by atoms with Gasteiger partial charge in [0.25, 0.3) is 0 Å². The Bertz CT molecular complexity index is 620. The van der Waals surface area contributed by atoms with Crippen LogP contribution in [0.4, 0.5) is 0 Å². The van der Waals surface area contributed by atoms with Crippen molar-refractivity contribution in [1.82, 2.24) is 5.32 Å². The van der Waals surface area contributed by atoms with Gasteiger partial charge < -0.3 is 5.32 Å². The average Bonchev–Trinajstić information content (AvgIpc) is 2.36. The lowest BCUT2D eigenvalue weighted by molar-refractivity contribution is 0.424. The Balaban J connectivity index is 2.08. The van der Waals surface area contributed by atoms with Crippen molar-refractivity contribution in [3.63, 3.8) is 0 Å². The summed E-state index contributed by atoms with van der Waals surface area (Å²) in [7, 11) is 0. The van der Waals surface area contributed by atoms with Gasteiger partial charge in [-0.3, -0.25) is 0 Å². The fourth-order valence-electron chi connectivity index (χ4n) is 1.76. The van der Waals surface area contributed by atoms with Gasteiger partial charge in [-0.25, -0.2) is 0 Å². The van der Waals surface area contributed by atoms with Gasteiger partial charge in [0, 0.05) is 31.9 Å². The summed E-state index contributed by atoms with van der Waals surface area (Å²) in [5, 5.41) is 4.98. The Morgan fingerprint density at radius 1 is 1.00 bits per heavy atom. The molecule has 0 unspecified atom stereocenters. The zero-order valence-electron chi connectivity index (χ0n) is 12.4. The molecule has 0 fully saturated rings. The van der Waals surface area contributed by atoms with Crippen molar-refractivity contribution in [1.29, 1.82) is 0 Å². The monoisotopic (exact) mass is 339 g/mol. The molecule has 0 aliphatic heterocycles. The quantitative estimate of drug-likeness (QED) is 0.729. The van der Waals surface area contributed by atoms with E-state index in [1.54, 1.807) is 11.8 Å². The molecule has 0 aromatic heterocycles. The highest BCUT2D eigenvalue weighted by Crippen LogP contribution is 2.32. The summed E-state index contributed by atoms with van der Waals surface area (Å²) in [5.41, 5.74) is 1.19. The highest BCUT2D eigenvalue weighted by Gasteiger charge is 2.10. The first kappa shape index (κ1) is 16.7. The van der Waals surface area contributed by atoms with E-state index >= 15 is 0 Å². The van der Waals surface area contributed by atoms with E-state index in [2.05, 4.69) is 38.2 Å². The van der Waals surface area contributed by atoms with E-state index in [0.717, 1.165) is 31.9 Å². The third-order valence-electron chi connectivity index (χ3n) is 2.87. The van der Waals surface area contributed by atoms with Crippen LogP contribution in [0.1, 0.15) is 26.3 Å². The molecule has 0 atom stereocenters. The minimum atomic E-state index is 0.0809. The molecule has 4 heteroatoms. The number of benzene rings is 2. The molecule has 2 aromatic rings. The molecule has 0 amide bonds. The van der Waals surface area contributed by atoms with Gasteiger partial charge in [0.1, 0.15) is 0 Å². The van der Waals surface area contributed by atoms with E-state index in [4.69, 9.17) is 23.2 Å². The third kappa shape index (κ3) is 5.55. The molecule has 0 spiro atoms. The molecule has 0 heterocycles. The molecule has 0 bridgehead atoms. The maximum atomic E-state index is 6.38. The van der Waals surface area contributed by atoms with Crippen LogP contribution in [0.3, 0.4) is 0 Å². The first-order valence-corrected chi connectivity index (χ1v) is 8.38. The summed E-state index contributed by atoms with van der Waals surface area (Å²) in [6, 6.07) is 14.0. The molecule has 1 N–H and O–H groups in total. The summed E-state index contributed by atoms with van der Waals surface area (Å²) in [6.07, 6.45) is 0. The maximum absolute atomic E-state index is 6.38. The second-order valence-corrected chi connectivity index (χ2v) is 7.91. The minimum Gasteiger partial charge on any atom is -0.308 e. The van der Waals surface area contributed by atoms with Gasteiger partial charge in [0.2, 0.25) is 0 Å². The topological polar surface area (TPSA) is 12.0 Å². The first-order chi connectivity index (χ1) is 9.83. The number of halogens is 2. The molecule has 0 saturated carbocycles. The third-order valence-corrected chi connectivity index (χ3v) is 4.43. The van der Waals surface area contributed by atoms with Crippen LogP contribution in [-0.4, -0.2) is 5.54 Å². The van der Waals surface area contributed by atoms with Gasteiger partial charge in [-0.15, -0.1) is 0 Å². The summed E-state index contributed by atoms with van der Waals surface area (Å²) < 4.78 is 0. The predicted molar refractivity (Wildman–Crippen MR) is 93.6 cm³/mol. The lowest BCUT2D eigenvalue weighted by atomic mass is 10.1. The summed E-state index contributed by atoms with van der Waals surface area (Å²) in [5.74, 6) is 0. The van der Waals surface area contributed by atoms with Crippen molar-refractivity contribution in [3.05, 3.63) is 58.1 Å². The second kappa shape index (κ2) is 7.06. The minimum absolute atomic E-state index is 0.0809. The molecule has 0 saturated heterocycles. The molecule has 0 aliphatic rings. The molecule has 21 heavy (non-hydrogen) atoms. The van der Waals surface area contributed by atoms with Gasteiger partial charge in [-0.1, -0.05) is 47.1 Å². The Morgan fingerprint density at radius 3 is 2.33 bits per heavy atom. The van der Waals surface area contributed by atoms with E-state index < -0.39 is 0 Å². The van der Waals surface area contributed by atoms with Gasteiger partial charge >= 0.3 is 0 Å². The van der Waals surface area contributed by atoms with Gasteiger partial charge in [-0.2, -0.15) is 0 Å². The van der Waals surface area contributed by atoms with Crippen LogP contribution < -0.4 is 5.32 Å². The molecule has 2 rings (SSSR count). The van der Waals surface area contributed by atoms with Gasteiger partial charge in [-0.05, 0) is 56.7 Å². The summed E-state index contributed by atoms with van der Waals surface area (Å²) in [6.45, 7) is 7.20. The predicted octanol–water partition coefficient (Wildman–Crippen LogP) is 6.03. The van der Waals surface area contributed by atoms with Crippen LogP contribution >= 0.6 is 35.0 Å². The molecule has 0 aliphatic carbocycles. The van der Waals surface area contributed by atoms with E-state index in [0.29, 0.717) is 0 Å². The molecule has 1 nitrogen and oxygen atoms in total. The Morgan fingerprint density at radius 2 is 1.71 bits per heavy atom. The Kier molecular flexibility index (Phi) is 5.61. The van der Waals surface area contributed by atoms with Crippen LogP contribution in [0.2, 0.25) is 10.0 Å². The number of nitrogens with one attached hydrogen (secondary N) is 1. The number of hydrogen-bond acceptors (Lipinski definition) is 2. The van der Waals surface area contributed by atoms with E-state index in [-0.39, 0.29) is 5.54 Å². The van der Waals surface area contributed by atoms with Crippen molar-refractivity contribution < 1.29 is 0 Å². The number of hydrogen-bond donors (Lipinski definition) is 1. The molecule has 2 aromatic carbocycles. The average molecular weight is 340 g/mol. The highest BCUT2D eigenvalue weighted by molar-refractivity contribution is 7.99. The summed E-state index contributed by atoms with van der Waals surface area (Å²) in [4.78, 5) is 2.22. The maximum Gasteiger partial charge on any atom is 0.0462 e. The molecular weight excluding hydrogens is 321 g/mol. The fourth-order valence-corrected chi connectivity index (χ4v) is 3.25. The molecule has 0 radical (unpaired) electrons. The van der Waals surface area contributed by atoms with Crippen molar-refractivity contribution in [2.75, 3.05) is 0 Å². The molecule has 112 valence electrons. The summed E-state index contributed by atoms with van der Waals surface area (Å²) >= 11 is 14.0. The van der Waals surface area contributed by atoms with Crippen LogP contribution in [-0.2, 0) is 6.54 Å². The Hall–Kier alpha value is -0.670. The van der Waals surface area contributed by atoms with Gasteiger partial charge in [0.15, 0.2) is 0 Å². The lowest BCUT2D eigenvalue weighted by Crippen LogP contribution is -2.35. The van der Waals surface area contributed by atoms with Gasteiger partial charge in [0.05, 0.1) is 0 Å². The van der Waals surface area contributed by atoms with E-state index in [1.165, 1.54) is 0 Å². The largest absolute Gasteiger partial charge is 0.308 e. The van der Waals surface area contributed by atoms with Crippen LogP contribution in [0.25, 0.3) is 0 Å². The van der Waals surface area contributed by atoms with E-state index in [1.807, 2.05) is 30.3 Å². The van der Waals surface area contributed by atoms with Crippen molar-refractivity contribution in [2.45, 2.75) is 42.6 Å². The Labute approximate surface area is 141 Å². The van der Waals surface area contributed by atoms with Crippen LogP contribution in [0.5, 0.6) is 0 Å². The normalized spacial score (nSPS) is 11.7. The SMILES string of the molecule is CC(C)(C)NCc1ccc(Sc2cccc(Cl)c2)cc1Cl.